The Morgan fingerprint density at radius 1 is 1.40 bits per heavy atom. The molecule has 0 unspecified atom stereocenters. The number of aryl methyl sites for hydroxylation is 1. The molecule has 0 bridgehead atoms. The first-order chi connectivity index (χ1) is 9.65. The van der Waals surface area contributed by atoms with E-state index in [4.69, 9.17) is 23.8 Å². The lowest BCUT2D eigenvalue weighted by Crippen LogP contribution is -2.23. The molecule has 2 N–H and O–H groups in total. The fourth-order valence-corrected chi connectivity index (χ4v) is 1.80. The lowest BCUT2D eigenvalue weighted by molar-refractivity contribution is 1.05. The van der Waals surface area contributed by atoms with Crippen molar-refractivity contribution in [2.45, 2.75) is 6.92 Å². The second kappa shape index (κ2) is 6.98. The zero-order valence-electron chi connectivity index (χ0n) is 10.8. The number of benzene rings is 1. The number of halogens is 1. The van der Waals surface area contributed by atoms with Crippen LogP contribution in [-0.2, 0) is 0 Å². The van der Waals surface area contributed by atoms with Crippen molar-refractivity contribution in [2.24, 2.45) is 5.10 Å². The third kappa shape index (κ3) is 4.29. The van der Waals surface area contributed by atoms with Crippen LogP contribution in [0.5, 0.6) is 0 Å². The predicted molar refractivity (Wildman–Crippen MR) is 87.4 cm³/mol. The van der Waals surface area contributed by atoms with Crippen molar-refractivity contribution in [3.63, 3.8) is 0 Å². The number of rotatable bonds is 3. The number of nitrogens with zero attached hydrogens (tertiary/aromatic N) is 2. The van der Waals surface area contributed by atoms with Gasteiger partial charge in [-0.2, -0.15) is 5.10 Å². The van der Waals surface area contributed by atoms with E-state index in [2.05, 4.69) is 20.8 Å². The Bertz CT molecular complexity index is 628. The summed E-state index contributed by atoms with van der Waals surface area (Å²) >= 11 is 11.2. The minimum absolute atomic E-state index is 0.394. The Morgan fingerprint density at radius 3 is 2.95 bits per heavy atom. The summed E-state index contributed by atoms with van der Waals surface area (Å²) in [5, 5.41) is 8.11. The fraction of sp³-hybridized carbons (Fsp3) is 0.0714. The molecule has 2 aromatic rings. The quantitative estimate of drug-likeness (QED) is 0.518. The summed E-state index contributed by atoms with van der Waals surface area (Å²) in [7, 11) is 0. The summed E-state index contributed by atoms with van der Waals surface area (Å²) in [6.07, 6.45) is 5.06. The van der Waals surface area contributed by atoms with Gasteiger partial charge in [-0.05, 0) is 42.9 Å². The maximum absolute atomic E-state index is 6.04. The molecule has 0 atom stereocenters. The van der Waals surface area contributed by atoms with Crippen molar-refractivity contribution in [1.29, 1.82) is 0 Å². The van der Waals surface area contributed by atoms with Crippen LogP contribution in [0.4, 0.5) is 5.69 Å². The number of anilines is 1. The van der Waals surface area contributed by atoms with E-state index in [-0.39, 0.29) is 0 Å². The molecule has 0 aliphatic rings. The van der Waals surface area contributed by atoms with Crippen molar-refractivity contribution in [3.8, 4) is 0 Å². The van der Waals surface area contributed by atoms with Gasteiger partial charge in [0, 0.05) is 28.7 Å². The monoisotopic (exact) mass is 304 g/mol. The second-order valence-corrected chi connectivity index (χ2v) is 4.89. The highest BCUT2D eigenvalue weighted by Gasteiger charge is 1.99. The summed E-state index contributed by atoms with van der Waals surface area (Å²) in [4.78, 5) is 3.99. The topological polar surface area (TPSA) is 49.3 Å². The van der Waals surface area contributed by atoms with Gasteiger partial charge in [0.2, 0.25) is 0 Å². The zero-order chi connectivity index (χ0) is 14.4. The number of aromatic nitrogens is 1. The summed E-state index contributed by atoms with van der Waals surface area (Å²) in [5.74, 6) is 0. The SMILES string of the molecule is Cc1ccc(NC(=S)N/N=C\c2cccnc2)cc1Cl. The van der Waals surface area contributed by atoms with Gasteiger partial charge in [-0.25, -0.2) is 0 Å². The molecule has 1 aromatic carbocycles. The molecule has 20 heavy (non-hydrogen) atoms. The van der Waals surface area contributed by atoms with E-state index in [1.807, 2.05) is 37.3 Å². The number of pyridine rings is 1. The molecule has 1 aromatic heterocycles. The molecule has 2 rings (SSSR count). The molecule has 0 spiro atoms. The largest absolute Gasteiger partial charge is 0.331 e. The maximum atomic E-state index is 6.04. The molecule has 102 valence electrons. The lowest BCUT2D eigenvalue weighted by atomic mass is 10.2. The van der Waals surface area contributed by atoms with Crippen LogP contribution in [0.1, 0.15) is 11.1 Å². The smallest absolute Gasteiger partial charge is 0.191 e. The Kier molecular flexibility index (Phi) is 5.03. The van der Waals surface area contributed by atoms with Crippen LogP contribution in [0.2, 0.25) is 5.02 Å². The zero-order valence-corrected chi connectivity index (χ0v) is 12.4. The average Bonchev–Trinajstić information content (AvgIpc) is 2.44. The first-order valence-electron chi connectivity index (χ1n) is 5.91. The van der Waals surface area contributed by atoms with Gasteiger partial charge in [-0.15, -0.1) is 0 Å². The van der Waals surface area contributed by atoms with Crippen LogP contribution in [0, 0.1) is 6.92 Å². The summed E-state index contributed by atoms with van der Waals surface area (Å²) in [6, 6.07) is 9.38. The number of hydrogen-bond acceptors (Lipinski definition) is 3. The molecule has 0 saturated heterocycles. The van der Waals surface area contributed by atoms with Crippen molar-refractivity contribution in [3.05, 3.63) is 58.9 Å². The van der Waals surface area contributed by atoms with Gasteiger partial charge in [0.1, 0.15) is 0 Å². The standard InChI is InChI=1S/C14H13ClN4S/c1-10-4-5-12(7-13(10)15)18-14(20)19-17-9-11-3-2-6-16-8-11/h2-9H,1H3,(H2,18,19,20)/b17-9-. The molecule has 0 aliphatic heterocycles. The van der Waals surface area contributed by atoms with Gasteiger partial charge < -0.3 is 5.32 Å². The van der Waals surface area contributed by atoms with Crippen LogP contribution in [0.3, 0.4) is 0 Å². The van der Waals surface area contributed by atoms with Crippen molar-refractivity contribution in [2.75, 3.05) is 5.32 Å². The van der Waals surface area contributed by atoms with Crippen LogP contribution in [-0.4, -0.2) is 16.3 Å². The van der Waals surface area contributed by atoms with Gasteiger partial charge in [0.05, 0.1) is 6.21 Å². The van der Waals surface area contributed by atoms with Crippen molar-refractivity contribution >= 4 is 40.8 Å². The molecule has 0 fully saturated rings. The Hall–Kier alpha value is -1.98. The molecule has 0 radical (unpaired) electrons. The van der Waals surface area contributed by atoms with Crippen LogP contribution in [0.15, 0.2) is 47.8 Å². The lowest BCUT2D eigenvalue weighted by Gasteiger charge is -2.08. The summed E-state index contributed by atoms with van der Waals surface area (Å²) in [5.41, 5.74) is 5.46. The highest BCUT2D eigenvalue weighted by Crippen LogP contribution is 2.19. The third-order valence-corrected chi connectivity index (χ3v) is 3.09. The van der Waals surface area contributed by atoms with Crippen LogP contribution >= 0.6 is 23.8 Å². The molecule has 0 amide bonds. The van der Waals surface area contributed by atoms with Crippen molar-refractivity contribution < 1.29 is 0 Å². The molecule has 1 heterocycles. The summed E-state index contributed by atoms with van der Waals surface area (Å²) < 4.78 is 0. The minimum atomic E-state index is 0.394. The Balaban J connectivity index is 1.89. The van der Waals surface area contributed by atoms with Crippen LogP contribution < -0.4 is 10.7 Å². The van der Waals surface area contributed by atoms with E-state index in [1.54, 1.807) is 18.6 Å². The molecule has 6 heteroatoms. The van der Waals surface area contributed by atoms with Gasteiger partial charge in [0.15, 0.2) is 5.11 Å². The van der Waals surface area contributed by atoms with E-state index in [0.29, 0.717) is 10.1 Å². The average molecular weight is 305 g/mol. The normalized spacial score (nSPS) is 10.5. The Morgan fingerprint density at radius 2 is 2.25 bits per heavy atom. The predicted octanol–water partition coefficient (Wildman–Crippen LogP) is 3.36. The van der Waals surface area contributed by atoms with Gasteiger partial charge >= 0.3 is 0 Å². The number of hydrogen-bond donors (Lipinski definition) is 2. The first-order valence-corrected chi connectivity index (χ1v) is 6.70. The molecule has 4 nitrogen and oxygen atoms in total. The highest BCUT2D eigenvalue weighted by molar-refractivity contribution is 7.80. The van der Waals surface area contributed by atoms with E-state index in [9.17, 15) is 0 Å². The molecular weight excluding hydrogens is 292 g/mol. The van der Waals surface area contributed by atoms with E-state index in [1.165, 1.54) is 0 Å². The van der Waals surface area contributed by atoms with E-state index in [0.717, 1.165) is 16.8 Å². The minimum Gasteiger partial charge on any atom is -0.331 e. The maximum Gasteiger partial charge on any atom is 0.191 e. The van der Waals surface area contributed by atoms with E-state index >= 15 is 0 Å². The third-order valence-electron chi connectivity index (χ3n) is 2.49. The highest BCUT2D eigenvalue weighted by atomic mass is 35.5. The molecule has 0 saturated carbocycles. The van der Waals surface area contributed by atoms with E-state index < -0.39 is 0 Å². The van der Waals surface area contributed by atoms with Gasteiger partial charge in [0.25, 0.3) is 0 Å². The molecule has 0 aliphatic carbocycles. The van der Waals surface area contributed by atoms with Gasteiger partial charge in [-0.3, -0.25) is 10.4 Å². The second-order valence-electron chi connectivity index (χ2n) is 4.07. The van der Waals surface area contributed by atoms with Gasteiger partial charge in [-0.1, -0.05) is 23.7 Å². The van der Waals surface area contributed by atoms with Crippen LogP contribution in [0.25, 0.3) is 0 Å². The Labute approximate surface area is 127 Å². The fourth-order valence-electron chi connectivity index (χ4n) is 1.45. The number of hydrazone groups is 1. The number of nitrogens with one attached hydrogen (secondary N) is 2. The van der Waals surface area contributed by atoms with Crippen molar-refractivity contribution in [1.82, 2.24) is 10.4 Å². The summed E-state index contributed by atoms with van der Waals surface area (Å²) in [6.45, 7) is 1.95. The molecular formula is C14H13ClN4S. The first kappa shape index (κ1) is 14.4. The number of thiocarbonyl (C=S) groups is 1.